The number of ether oxygens (including phenoxy) is 1. The van der Waals surface area contributed by atoms with Crippen molar-refractivity contribution in [2.75, 3.05) is 12.4 Å². The summed E-state index contributed by atoms with van der Waals surface area (Å²) in [5.41, 5.74) is 6.79. The SMILES string of the molecule is COC(=O)c1c(-c2cccnc2)csc1NC(=O)c1cc(-c2ccc(C)c(C)c2)nc2ccc(Br)cc12. The number of fused-ring (bicyclic) bond motifs is 1. The van der Waals surface area contributed by atoms with Crippen molar-refractivity contribution in [3.05, 3.63) is 99.1 Å². The minimum Gasteiger partial charge on any atom is -0.465 e. The molecule has 6 nitrogen and oxygen atoms in total. The first-order valence-electron chi connectivity index (χ1n) is 11.4. The highest BCUT2D eigenvalue weighted by atomic mass is 79.9. The van der Waals surface area contributed by atoms with Crippen LogP contribution in [0.1, 0.15) is 31.8 Å². The Balaban J connectivity index is 1.61. The van der Waals surface area contributed by atoms with Crippen LogP contribution >= 0.6 is 27.3 Å². The number of halogens is 1. The number of nitrogens with one attached hydrogen (secondary N) is 1. The first-order chi connectivity index (χ1) is 17.9. The van der Waals surface area contributed by atoms with Crippen molar-refractivity contribution < 1.29 is 14.3 Å². The molecule has 0 aliphatic carbocycles. The number of hydrogen-bond acceptors (Lipinski definition) is 6. The summed E-state index contributed by atoms with van der Waals surface area (Å²) in [6.45, 7) is 4.11. The monoisotopic (exact) mass is 571 g/mol. The fraction of sp³-hybridized carbons (Fsp3) is 0.103. The van der Waals surface area contributed by atoms with Gasteiger partial charge in [0.25, 0.3) is 5.91 Å². The number of esters is 1. The first kappa shape index (κ1) is 24.8. The molecule has 0 aliphatic heterocycles. The third-order valence-corrected chi connectivity index (χ3v) is 7.59. The van der Waals surface area contributed by atoms with Crippen molar-refractivity contribution >= 4 is 55.0 Å². The first-order valence-corrected chi connectivity index (χ1v) is 13.1. The number of benzene rings is 2. The summed E-state index contributed by atoms with van der Waals surface area (Å²) in [5.74, 6) is -0.881. The second-order valence-electron chi connectivity index (χ2n) is 8.56. The molecule has 0 unspecified atom stereocenters. The number of aromatic nitrogens is 2. The van der Waals surface area contributed by atoms with E-state index in [0.717, 1.165) is 21.2 Å². The Morgan fingerprint density at radius 1 is 1.00 bits per heavy atom. The average Bonchev–Trinajstić information content (AvgIpc) is 3.33. The van der Waals surface area contributed by atoms with Gasteiger partial charge in [0, 0.05) is 44.3 Å². The van der Waals surface area contributed by atoms with Crippen LogP contribution in [0, 0.1) is 13.8 Å². The van der Waals surface area contributed by atoms with E-state index in [1.165, 1.54) is 24.0 Å². The molecule has 8 heteroatoms. The maximum atomic E-state index is 13.7. The van der Waals surface area contributed by atoms with E-state index in [-0.39, 0.29) is 5.91 Å². The van der Waals surface area contributed by atoms with E-state index < -0.39 is 5.97 Å². The molecule has 0 spiro atoms. The highest BCUT2D eigenvalue weighted by molar-refractivity contribution is 9.10. The number of carbonyl (C=O) groups excluding carboxylic acids is 2. The van der Waals surface area contributed by atoms with Crippen LogP contribution in [0.3, 0.4) is 0 Å². The summed E-state index contributed by atoms with van der Waals surface area (Å²) in [6, 6.07) is 17.2. The molecular formula is C29H22BrN3O3S. The van der Waals surface area contributed by atoms with Crippen LogP contribution in [0.25, 0.3) is 33.3 Å². The molecule has 37 heavy (non-hydrogen) atoms. The van der Waals surface area contributed by atoms with Gasteiger partial charge in [0.15, 0.2) is 0 Å². The van der Waals surface area contributed by atoms with Crippen LogP contribution in [-0.4, -0.2) is 29.0 Å². The van der Waals surface area contributed by atoms with Crippen molar-refractivity contribution in [1.82, 2.24) is 9.97 Å². The van der Waals surface area contributed by atoms with Gasteiger partial charge in [-0.3, -0.25) is 9.78 Å². The van der Waals surface area contributed by atoms with Gasteiger partial charge in [0.05, 0.1) is 23.9 Å². The smallest absolute Gasteiger partial charge is 0.341 e. The largest absolute Gasteiger partial charge is 0.465 e. The van der Waals surface area contributed by atoms with E-state index in [1.807, 2.05) is 41.8 Å². The lowest BCUT2D eigenvalue weighted by Gasteiger charge is -2.12. The summed E-state index contributed by atoms with van der Waals surface area (Å²) in [4.78, 5) is 35.5. The summed E-state index contributed by atoms with van der Waals surface area (Å²) in [7, 11) is 1.32. The zero-order valence-electron chi connectivity index (χ0n) is 20.3. The molecule has 5 rings (SSSR count). The van der Waals surface area contributed by atoms with Crippen LogP contribution in [0.4, 0.5) is 5.00 Å². The molecule has 3 aromatic heterocycles. The van der Waals surface area contributed by atoms with Crippen molar-refractivity contribution in [2.24, 2.45) is 0 Å². The van der Waals surface area contributed by atoms with Gasteiger partial charge in [-0.25, -0.2) is 9.78 Å². The van der Waals surface area contributed by atoms with Gasteiger partial charge in [-0.05, 0) is 61.4 Å². The predicted molar refractivity (Wildman–Crippen MR) is 151 cm³/mol. The molecule has 2 aromatic carbocycles. The third-order valence-electron chi connectivity index (χ3n) is 6.20. The molecule has 1 amide bonds. The van der Waals surface area contributed by atoms with Gasteiger partial charge in [0.1, 0.15) is 10.6 Å². The highest BCUT2D eigenvalue weighted by Gasteiger charge is 2.24. The van der Waals surface area contributed by atoms with Gasteiger partial charge in [0.2, 0.25) is 0 Å². The Morgan fingerprint density at radius 2 is 1.84 bits per heavy atom. The van der Waals surface area contributed by atoms with E-state index in [4.69, 9.17) is 9.72 Å². The minimum atomic E-state index is -0.534. The lowest BCUT2D eigenvalue weighted by molar-refractivity contribution is 0.0603. The number of nitrogens with zero attached hydrogens (tertiary/aromatic N) is 2. The number of anilines is 1. The van der Waals surface area contributed by atoms with Crippen molar-refractivity contribution in [2.45, 2.75) is 13.8 Å². The van der Waals surface area contributed by atoms with Crippen LogP contribution in [0.15, 0.2) is 76.8 Å². The number of hydrogen-bond donors (Lipinski definition) is 1. The molecule has 0 radical (unpaired) electrons. The number of amides is 1. The highest BCUT2D eigenvalue weighted by Crippen LogP contribution is 2.37. The van der Waals surface area contributed by atoms with E-state index in [0.29, 0.717) is 38.3 Å². The molecule has 0 aliphatic rings. The molecule has 5 aromatic rings. The van der Waals surface area contributed by atoms with Gasteiger partial charge >= 0.3 is 5.97 Å². The summed E-state index contributed by atoms with van der Waals surface area (Å²) in [6.07, 6.45) is 3.33. The molecule has 0 atom stereocenters. The van der Waals surface area contributed by atoms with Gasteiger partial charge in [-0.2, -0.15) is 0 Å². The maximum absolute atomic E-state index is 13.7. The average molecular weight is 572 g/mol. The van der Waals surface area contributed by atoms with E-state index in [1.54, 1.807) is 24.5 Å². The fourth-order valence-corrected chi connectivity index (χ4v) is 5.41. The van der Waals surface area contributed by atoms with Gasteiger partial charge < -0.3 is 10.1 Å². The summed E-state index contributed by atoms with van der Waals surface area (Å²) in [5, 5.41) is 5.88. The Labute approximate surface area is 226 Å². The molecule has 0 saturated carbocycles. The Hall–Kier alpha value is -3.88. The van der Waals surface area contributed by atoms with E-state index in [9.17, 15) is 9.59 Å². The molecule has 3 heterocycles. The van der Waals surface area contributed by atoms with Crippen LogP contribution in [0.5, 0.6) is 0 Å². The predicted octanol–water partition coefficient (Wildman–Crippen LogP) is 7.44. The van der Waals surface area contributed by atoms with Crippen LogP contribution in [-0.2, 0) is 4.74 Å². The standard InChI is InChI=1S/C29H22BrN3O3S/c1-16-6-7-18(11-17(16)2)25-13-22(21-12-20(30)8-9-24(21)32-25)27(34)33-28-26(29(35)36-3)23(15-37-28)19-5-4-10-31-14-19/h4-15H,1-3H3,(H,33,34). The number of aryl methyl sites for hydroxylation is 2. The van der Waals surface area contributed by atoms with E-state index in [2.05, 4.69) is 46.1 Å². The zero-order valence-corrected chi connectivity index (χ0v) is 22.7. The zero-order chi connectivity index (χ0) is 26.1. The minimum absolute atomic E-state index is 0.294. The molecule has 0 fully saturated rings. The topological polar surface area (TPSA) is 81.2 Å². The van der Waals surface area contributed by atoms with Gasteiger partial charge in [-0.15, -0.1) is 11.3 Å². The Bertz CT molecular complexity index is 1660. The molecule has 0 saturated heterocycles. The number of carbonyl (C=O) groups is 2. The summed E-state index contributed by atoms with van der Waals surface area (Å²) >= 11 is 4.77. The van der Waals surface area contributed by atoms with Crippen molar-refractivity contribution in [1.29, 1.82) is 0 Å². The lowest BCUT2D eigenvalue weighted by Crippen LogP contribution is -2.15. The molecular weight excluding hydrogens is 550 g/mol. The van der Waals surface area contributed by atoms with Crippen LogP contribution in [0.2, 0.25) is 0 Å². The molecule has 1 N–H and O–H groups in total. The Morgan fingerprint density at radius 3 is 2.57 bits per heavy atom. The van der Waals surface area contributed by atoms with Gasteiger partial charge in [-0.1, -0.05) is 34.1 Å². The Kier molecular flexibility index (Phi) is 6.86. The fourth-order valence-electron chi connectivity index (χ4n) is 4.09. The molecule has 0 bridgehead atoms. The number of thiophene rings is 1. The quantitative estimate of drug-likeness (QED) is 0.221. The lowest BCUT2D eigenvalue weighted by atomic mass is 10.0. The number of pyridine rings is 2. The van der Waals surface area contributed by atoms with Crippen molar-refractivity contribution in [3.63, 3.8) is 0 Å². The van der Waals surface area contributed by atoms with Crippen molar-refractivity contribution in [3.8, 4) is 22.4 Å². The second kappa shape index (κ2) is 10.2. The summed E-state index contributed by atoms with van der Waals surface area (Å²) < 4.78 is 5.88. The number of methoxy groups -OCH3 is 1. The third kappa shape index (κ3) is 4.90. The van der Waals surface area contributed by atoms with Crippen LogP contribution < -0.4 is 5.32 Å². The number of rotatable bonds is 5. The normalized spacial score (nSPS) is 10.9. The maximum Gasteiger partial charge on any atom is 0.341 e. The van der Waals surface area contributed by atoms with E-state index >= 15 is 0 Å². The second-order valence-corrected chi connectivity index (χ2v) is 10.4. The molecule has 184 valence electrons.